The van der Waals surface area contributed by atoms with Gasteiger partial charge in [-0.15, -0.1) is 0 Å². The van der Waals surface area contributed by atoms with Crippen LogP contribution in [0.25, 0.3) is 0 Å². The lowest BCUT2D eigenvalue weighted by Crippen LogP contribution is -2.28. The molecule has 0 bridgehead atoms. The fourth-order valence-electron chi connectivity index (χ4n) is 1.35. The van der Waals surface area contributed by atoms with Crippen LogP contribution < -0.4 is 11.1 Å². The summed E-state index contributed by atoms with van der Waals surface area (Å²) in [6, 6.07) is 0.376. The fourth-order valence-corrected chi connectivity index (χ4v) is 1.35. The Balaban J connectivity index is 1.83. The van der Waals surface area contributed by atoms with Gasteiger partial charge < -0.3 is 11.1 Å². The summed E-state index contributed by atoms with van der Waals surface area (Å²) in [6.07, 6.45) is 6.43. The molecule has 1 saturated carbocycles. The molecule has 0 spiro atoms. The molecule has 1 aliphatic carbocycles. The summed E-state index contributed by atoms with van der Waals surface area (Å²) in [4.78, 5) is 0. The van der Waals surface area contributed by atoms with Crippen LogP contribution in [0.4, 0.5) is 0 Å². The van der Waals surface area contributed by atoms with E-state index in [1.807, 2.05) is 0 Å². The molecule has 1 aliphatic rings. The maximum Gasteiger partial charge on any atom is 0.0154 e. The van der Waals surface area contributed by atoms with Gasteiger partial charge in [0.2, 0.25) is 0 Å². The molecule has 1 unspecified atom stereocenters. The number of rotatable bonds is 6. The maximum atomic E-state index is 5.65. The molecule has 2 nitrogen and oxygen atoms in total. The third kappa shape index (κ3) is 4.07. The summed E-state index contributed by atoms with van der Waals surface area (Å²) in [5.41, 5.74) is 6.16. The molecule has 0 aliphatic heterocycles. The zero-order chi connectivity index (χ0) is 9.03. The van der Waals surface area contributed by atoms with E-state index in [0.717, 1.165) is 0 Å². The van der Waals surface area contributed by atoms with Crippen molar-refractivity contribution >= 4 is 0 Å². The standard InChI is InChI=1S/C10H22N2/c1-9(11)5-3-4-8-12-10(2)6-7-10/h9,12H,3-8,11H2,1-2H3. The average Bonchev–Trinajstić information content (AvgIpc) is 2.67. The van der Waals surface area contributed by atoms with Crippen molar-refractivity contribution in [2.75, 3.05) is 6.54 Å². The Morgan fingerprint density at radius 3 is 2.58 bits per heavy atom. The van der Waals surface area contributed by atoms with Crippen LogP contribution in [0.15, 0.2) is 0 Å². The first-order valence-electron chi connectivity index (χ1n) is 5.13. The van der Waals surface area contributed by atoms with Crippen LogP contribution in [0.2, 0.25) is 0 Å². The summed E-state index contributed by atoms with van der Waals surface area (Å²) >= 11 is 0. The first kappa shape index (κ1) is 10.0. The highest BCUT2D eigenvalue weighted by molar-refractivity contribution is 4.97. The van der Waals surface area contributed by atoms with Crippen LogP contribution in [0.5, 0.6) is 0 Å². The second kappa shape index (κ2) is 4.24. The van der Waals surface area contributed by atoms with E-state index in [4.69, 9.17) is 5.73 Å². The van der Waals surface area contributed by atoms with Gasteiger partial charge >= 0.3 is 0 Å². The third-order valence-corrected chi connectivity index (χ3v) is 2.64. The number of nitrogens with one attached hydrogen (secondary N) is 1. The maximum absolute atomic E-state index is 5.65. The molecule has 1 rings (SSSR count). The van der Waals surface area contributed by atoms with Gasteiger partial charge in [-0.25, -0.2) is 0 Å². The van der Waals surface area contributed by atoms with E-state index in [0.29, 0.717) is 11.6 Å². The Morgan fingerprint density at radius 2 is 2.08 bits per heavy atom. The number of hydrogen-bond donors (Lipinski definition) is 2. The summed E-state index contributed by atoms with van der Waals surface area (Å²) in [7, 11) is 0. The van der Waals surface area contributed by atoms with Crippen LogP contribution in [-0.4, -0.2) is 18.1 Å². The van der Waals surface area contributed by atoms with Gasteiger partial charge in [-0.2, -0.15) is 0 Å². The second-order valence-corrected chi connectivity index (χ2v) is 4.46. The van der Waals surface area contributed by atoms with Crippen LogP contribution >= 0.6 is 0 Å². The van der Waals surface area contributed by atoms with Gasteiger partial charge in [-0.3, -0.25) is 0 Å². The highest BCUT2D eigenvalue weighted by Crippen LogP contribution is 2.34. The number of unbranched alkanes of at least 4 members (excludes halogenated alkanes) is 1. The molecular weight excluding hydrogens is 148 g/mol. The van der Waals surface area contributed by atoms with Crippen LogP contribution in [0.1, 0.15) is 46.0 Å². The van der Waals surface area contributed by atoms with Crippen LogP contribution in [0, 0.1) is 0 Å². The lowest BCUT2D eigenvalue weighted by molar-refractivity contribution is 0.501. The quantitative estimate of drug-likeness (QED) is 0.595. The molecule has 0 saturated heterocycles. The summed E-state index contributed by atoms with van der Waals surface area (Å²) < 4.78 is 0. The molecule has 0 amide bonds. The van der Waals surface area contributed by atoms with Crippen molar-refractivity contribution in [1.29, 1.82) is 0 Å². The molecule has 0 radical (unpaired) electrons. The van der Waals surface area contributed by atoms with Crippen LogP contribution in [-0.2, 0) is 0 Å². The van der Waals surface area contributed by atoms with Crippen LogP contribution in [0.3, 0.4) is 0 Å². The molecule has 1 atom stereocenters. The van der Waals surface area contributed by atoms with Gasteiger partial charge in [-0.05, 0) is 46.1 Å². The van der Waals surface area contributed by atoms with Crippen molar-refractivity contribution in [2.45, 2.75) is 57.5 Å². The summed E-state index contributed by atoms with van der Waals surface area (Å²) in [5.74, 6) is 0. The monoisotopic (exact) mass is 170 g/mol. The average molecular weight is 170 g/mol. The normalized spacial score (nSPS) is 22.2. The Morgan fingerprint density at radius 1 is 1.42 bits per heavy atom. The largest absolute Gasteiger partial charge is 0.328 e. The Labute approximate surface area is 75.9 Å². The molecule has 1 fully saturated rings. The first-order chi connectivity index (χ1) is 5.62. The van der Waals surface area contributed by atoms with E-state index < -0.39 is 0 Å². The highest BCUT2D eigenvalue weighted by atomic mass is 15.0. The Hall–Kier alpha value is -0.0800. The molecule has 3 N–H and O–H groups in total. The lowest BCUT2D eigenvalue weighted by atomic mass is 10.1. The van der Waals surface area contributed by atoms with E-state index in [9.17, 15) is 0 Å². The van der Waals surface area contributed by atoms with Crippen molar-refractivity contribution in [3.63, 3.8) is 0 Å². The molecule has 2 heteroatoms. The van der Waals surface area contributed by atoms with Crippen molar-refractivity contribution in [3.8, 4) is 0 Å². The van der Waals surface area contributed by atoms with Gasteiger partial charge in [0.1, 0.15) is 0 Å². The Bertz CT molecular complexity index is 128. The minimum Gasteiger partial charge on any atom is -0.328 e. The van der Waals surface area contributed by atoms with Gasteiger partial charge in [0, 0.05) is 11.6 Å². The van der Waals surface area contributed by atoms with Gasteiger partial charge in [-0.1, -0.05) is 6.42 Å². The van der Waals surface area contributed by atoms with E-state index in [-0.39, 0.29) is 0 Å². The third-order valence-electron chi connectivity index (χ3n) is 2.64. The van der Waals surface area contributed by atoms with Crippen molar-refractivity contribution in [1.82, 2.24) is 5.32 Å². The fraction of sp³-hybridized carbons (Fsp3) is 1.00. The van der Waals surface area contributed by atoms with E-state index >= 15 is 0 Å². The molecule has 0 heterocycles. The summed E-state index contributed by atoms with van der Waals surface area (Å²) in [5, 5.41) is 3.57. The zero-order valence-corrected chi connectivity index (χ0v) is 8.40. The predicted molar refractivity (Wildman–Crippen MR) is 53.1 cm³/mol. The molecule has 72 valence electrons. The second-order valence-electron chi connectivity index (χ2n) is 4.46. The summed E-state index contributed by atoms with van der Waals surface area (Å²) in [6.45, 7) is 5.55. The van der Waals surface area contributed by atoms with Crippen molar-refractivity contribution in [3.05, 3.63) is 0 Å². The van der Waals surface area contributed by atoms with Gasteiger partial charge in [0.25, 0.3) is 0 Å². The molecule has 12 heavy (non-hydrogen) atoms. The topological polar surface area (TPSA) is 38.0 Å². The van der Waals surface area contributed by atoms with Crippen molar-refractivity contribution < 1.29 is 0 Å². The molecular formula is C10H22N2. The number of nitrogens with two attached hydrogens (primary N) is 1. The van der Waals surface area contributed by atoms with Gasteiger partial charge in [0.15, 0.2) is 0 Å². The van der Waals surface area contributed by atoms with Crippen molar-refractivity contribution in [2.24, 2.45) is 5.73 Å². The van der Waals surface area contributed by atoms with E-state index in [2.05, 4.69) is 19.2 Å². The minimum atomic E-state index is 0.376. The highest BCUT2D eigenvalue weighted by Gasteiger charge is 2.35. The van der Waals surface area contributed by atoms with E-state index in [1.54, 1.807) is 0 Å². The minimum absolute atomic E-state index is 0.376. The smallest absolute Gasteiger partial charge is 0.0154 e. The predicted octanol–water partition coefficient (Wildman–Crippen LogP) is 1.65. The Kier molecular flexibility index (Phi) is 3.53. The first-order valence-corrected chi connectivity index (χ1v) is 5.13. The molecule has 0 aromatic heterocycles. The van der Waals surface area contributed by atoms with Gasteiger partial charge in [0.05, 0.1) is 0 Å². The lowest BCUT2D eigenvalue weighted by Gasteiger charge is -2.11. The molecule has 0 aromatic carbocycles. The SMILES string of the molecule is CC(N)CCCCNC1(C)CC1. The molecule has 0 aromatic rings. The number of hydrogen-bond acceptors (Lipinski definition) is 2. The van der Waals surface area contributed by atoms with E-state index in [1.165, 1.54) is 38.6 Å². The zero-order valence-electron chi connectivity index (χ0n) is 8.40.